The number of hydrogen-bond donors (Lipinski definition) is 0. The topological polar surface area (TPSA) is 116 Å². The molecule has 12 heteroatoms. The van der Waals surface area contributed by atoms with E-state index in [2.05, 4.69) is 52.1 Å². The molecule has 0 N–H and O–H groups in total. The van der Waals surface area contributed by atoms with Gasteiger partial charge in [-0.15, -0.1) is 21.9 Å². The van der Waals surface area contributed by atoms with Crippen LogP contribution in [0.25, 0.3) is 33.8 Å². The molecule has 0 atom stereocenters. The first-order chi connectivity index (χ1) is 20.8. The third-order valence-corrected chi connectivity index (χ3v) is 8.05. The summed E-state index contributed by atoms with van der Waals surface area (Å²) in [4.78, 5) is 13.5. The molecule has 0 saturated heterocycles. The Balaban J connectivity index is 0.000000189. The van der Waals surface area contributed by atoms with Gasteiger partial charge in [0.1, 0.15) is 0 Å². The van der Waals surface area contributed by atoms with E-state index in [9.17, 15) is 0 Å². The second-order valence-electron chi connectivity index (χ2n) is 8.24. The van der Waals surface area contributed by atoms with Gasteiger partial charge in [-0.2, -0.15) is 15.3 Å². The van der Waals surface area contributed by atoms with Crippen molar-refractivity contribution in [2.45, 2.75) is 15.5 Å². The molecule has 0 bridgehead atoms. The molecule has 0 aliphatic carbocycles. The zero-order valence-electron chi connectivity index (χ0n) is 22.1. The fourth-order valence-electron chi connectivity index (χ4n) is 3.45. The molecular weight excluding hydrogens is 583 g/mol. The van der Waals surface area contributed by atoms with Crippen LogP contribution < -0.4 is 0 Å². The molecule has 206 valence electrons. The third kappa shape index (κ3) is 8.49. The van der Waals surface area contributed by atoms with Crippen molar-refractivity contribution in [1.29, 1.82) is 0 Å². The number of hydrogen-bond acceptors (Lipinski definition) is 12. The standard InChI is InChI=1S/C18H12N6S2.C12H11N3S/c1-3-7-13(8-4-1)15-11-19-23-17(21-15)25-26-18-22-16(12-20-24-18)14-9-5-2-6-10-14;1-2-8-16-12-14-11(9-13-15-12)10-6-4-3-5-7-10/h1-12H;2-7,9H,1,8H2. The van der Waals surface area contributed by atoms with Crippen LogP contribution in [0.2, 0.25) is 0 Å². The van der Waals surface area contributed by atoms with Crippen molar-refractivity contribution in [1.82, 2.24) is 45.5 Å². The predicted molar refractivity (Wildman–Crippen MR) is 168 cm³/mol. The Labute approximate surface area is 255 Å². The van der Waals surface area contributed by atoms with Gasteiger partial charge in [-0.1, -0.05) is 109 Å². The summed E-state index contributed by atoms with van der Waals surface area (Å²) < 4.78 is 0. The normalized spacial score (nSPS) is 10.4. The van der Waals surface area contributed by atoms with Crippen molar-refractivity contribution in [2.75, 3.05) is 5.75 Å². The molecule has 6 rings (SSSR count). The number of rotatable bonds is 9. The zero-order chi connectivity index (χ0) is 28.8. The largest absolute Gasteiger partial charge is 0.220 e. The fraction of sp³-hybridized carbons (Fsp3) is 0.0333. The quantitative estimate of drug-likeness (QED) is 0.0959. The third-order valence-electron chi connectivity index (χ3n) is 5.35. The molecule has 0 aliphatic rings. The summed E-state index contributed by atoms with van der Waals surface area (Å²) in [5.74, 6) is 0.792. The molecule has 0 saturated carbocycles. The van der Waals surface area contributed by atoms with E-state index in [1.54, 1.807) is 18.6 Å². The molecule has 0 amide bonds. The van der Waals surface area contributed by atoms with Gasteiger partial charge in [0.2, 0.25) is 15.5 Å². The highest BCUT2D eigenvalue weighted by molar-refractivity contribution is 8.76. The molecule has 6 aromatic rings. The molecule has 0 spiro atoms. The van der Waals surface area contributed by atoms with Crippen LogP contribution in [0.1, 0.15) is 0 Å². The predicted octanol–water partition coefficient (Wildman–Crippen LogP) is 7.01. The van der Waals surface area contributed by atoms with Crippen molar-refractivity contribution >= 4 is 33.3 Å². The van der Waals surface area contributed by atoms with Gasteiger partial charge in [0.25, 0.3) is 0 Å². The summed E-state index contributed by atoms with van der Waals surface area (Å²) in [5.41, 5.74) is 5.46. The van der Waals surface area contributed by atoms with E-state index in [4.69, 9.17) is 0 Å². The molecule has 0 fully saturated rings. The van der Waals surface area contributed by atoms with Crippen LogP contribution in [0.4, 0.5) is 0 Å². The van der Waals surface area contributed by atoms with Gasteiger partial charge in [0.05, 0.1) is 35.7 Å². The maximum atomic E-state index is 4.53. The lowest BCUT2D eigenvalue weighted by Crippen LogP contribution is -1.94. The van der Waals surface area contributed by atoms with E-state index in [1.807, 2.05) is 97.1 Å². The highest BCUT2D eigenvalue weighted by Crippen LogP contribution is 2.34. The molecule has 3 aromatic carbocycles. The van der Waals surface area contributed by atoms with Gasteiger partial charge in [0.15, 0.2) is 0 Å². The minimum atomic E-state index is 0.546. The van der Waals surface area contributed by atoms with Gasteiger partial charge in [0, 0.05) is 22.4 Å². The first-order valence-corrected chi connectivity index (χ1v) is 15.8. The first kappa shape index (κ1) is 29.0. The summed E-state index contributed by atoms with van der Waals surface area (Å²) in [6.45, 7) is 3.66. The monoisotopic (exact) mass is 605 g/mol. The van der Waals surface area contributed by atoms with Crippen molar-refractivity contribution in [2.24, 2.45) is 0 Å². The first-order valence-electron chi connectivity index (χ1n) is 12.6. The fourth-order valence-corrected chi connectivity index (χ4v) is 5.43. The van der Waals surface area contributed by atoms with Crippen LogP contribution >= 0.6 is 33.3 Å². The molecule has 42 heavy (non-hydrogen) atoms. The van der Waals surface area contributed by atoms with Gasteiger partial charge >= 0.3 is 0 Å². The Hall–Kier alpha value is -4.52. The van der Waals surface area contributed by atoms with E-state index < -0.39 is 0 Å². The SMILES string of the molecule is C=CCSc1nncc(-c2ccccc2)n1.c1ccc(-c2cnnc(SSc3nncc(-c4ccccc4)n3)n2)cc1. The number of nitrogens with zero attached hydrogens (tertiary/aromatic N) is 9. The molecule has 0 unspecified atom stereocenters. The lowest BCUT2D eigenvalue weighted by molar-refractivity contribution is 0.843. The Bertz CT molecular complexity index is 1630. The van der Waals surface area contributed by atoms with E-state index in [0.29, 0.717) is 15.5 Å². The van der Waals surface area contributed by atoms with Gasteiger partial charge < -0.3 is 0 Å². The maximum absolute atomic E-state index is 4.53. The van der Waals surface area contributed by atoms with E-state index in [0.717, 1.165) is 39.5 Å². The smallest absolute Gasteiger partial charge is 0.219 e. The van der Waals surface area contributed by atoms with Crippen LogP contribution in [-0.4, -0.2) is 51.3 Å². The molecule has 3 heterocycles. The summed E-state index contributed by atoms with van der Waals surface area (Å²) in [5, 5.41) is 25.9. The summed E-state index contributed by atoms with van der Waals surface area (Å²) in [6.07, 6.45) is 6.80. The Morgan fingerprint density at radius 2 is 0.857 bits per heavy atom. The van der Waals surface area contributed by atoms with Crippen molar-refractivity contribution < 1.29 is 0 Å². The Kier molecular flexibility index (Phi) is 10.7. The summed E-state index contributed by atoms with van der Waals surface area (Å²) in [7, 11) is 2.71. The molecular formula is C30H23N9S3. The molecule has 9 nitrogen and oxygen atoms in total. The lowest BCUT2D eigenvalue weighted by Gasteiger charge is -2.03. The van der Waals surface area contributed by atoms with E-state index in [-0.39, 0.29) is 0 Å². The number of benzene rings is 3. The van der Waals surface area contributed by atoms with Crippen LogP contribution in [-0.2, 0) is 0 Å². The molecule has 0 radical (unpaired) electrons. The summed E-state index contributed by atoms with van der Waals surface area (Å²) in [6, 6.07) is 29.7. The Morgan fingerprint density at radius 1 is 0.500 bits per heavy atom. The second kappa shape index (κ2) is 15.5. The van der Waals surface area contributed by atoms with Crippen LogP contribution in [0.15, 0.2) is 138 Å². The van der Waals surface area contributed by atoms with Crippen LogP contribution in [0.5, 0.6) is 0 Å². The number of thioether (sulfide) groups is 1. The zero-order valence-corrected chi connectivity index (χ0v) is 24.6. The van der Waals surface area contributed by atoms with Crippen molar-refractivity contribution in [3.05, 3.63) is 122 Å². The Morgan fingerprint density at radius 3 is 1.24 bits per heavy atom. The van der Waals surface area contributed by atoms with Crippen LogP contribution in [0.3, 0.4) is 0 Å². The lowest BCUT2D eigenvalue weighted by atomic mass is 10.2. The van der Waals surface area contributed by atoms with Crippen molar-refractivity contribution in [3.63, 3.8) is 0 Å². The van der Waals surface area contributed by atoms with Gasteiger partial charge in [-0.05, 0) is 21.6 Å². The minimum absolute atomic E-state index is 0.546. The average molecular weight is 606 g/mol. The minimum Gasteiger partial charge on any atom is -0.219 e. The second-order valence-corrected chi connectivity index (χ2v) is 11.3. The van der Waals surface area contributed by atoms with E-state index in [1.165, 1.54) is 33.3 Å². The number of aromatic nitrogens is 9. The van der Waals surface area contributed by atoms with Gasteiger partial charge in [-0.3, -0.25) is 0 Å². The molecule has 0 aliphatic heterocycles. The summed E-state index contributed by atoms with van der Waals surface area (Å²) >= 11 is 1.53. The van der Waals surface area contributed by atoms with Gasteiger partial charge in [-0.25, -0.2) is 15.0 Å². The highest BCUT2D eigenvalue weighted by atomic mass is 33.1. The highest BCUT2D eigenvalue weighted by Gasteiger charge is 2.09. The van der Waals surface area contributed by atoms with Crippen LogP contribution in [0, 0.1) is 0 Å². The van der Waals surface area contributed by atoms with E-state index >= 15 is 0 Å². The molecule has 3 aromatic heterocycles. The average Bonchev–Trinajstić information content (AvgIpc) is 3.08. The maximum Gasteiger partial charge on any atom is 0.220 e. The van der Waals surface area contributed by atoms with Crippen molar-refractivity contribution in [3.8, 4) is 33.8 Å².